The Morgan fingerprint density at radius 3 is 2.24 bits per heavy atom. The Hall–Kier alpha value is -1.76. The van der Waals surface area contributed by atoms with Crippen molar-refractivity contribution in [2.45, 2.75) is 63.8 Å². The van der Waals surface area contributed by atoms with Crippen molar-refractivity contribution in [3.05, 3.63) is 0 Å². The fraction of sp³-hybridized carbons (Fsp3) is 0.778. The second kappa shape index (κ2) is 10.3. The number of ether oxygens (including phenoxy) is 1. The molecular weight excluding hydrogens is 324 g/mol. The summed E-state index contributed by atoms with van der Waals surface area (Å²) >= 11 is 0. The van der Waals surface area contributed by atoms with Crippen LogP contribution in [0.15, 0.2) is 4.99 Å². The van der Waals surface area contributed by atoms with Crippen molar-refractivity contribution in [2.75, 3.05) is 14.2 Å². The maximum absolute atomic E-state index is 11.5. The molecule has 3 rings (SSSR count). The van der Waals surface area contributed by atoms with Gasteiger partial charge >= 0.3 is 5.97 Å². The lowest BCUT2D eigenvalue weighted by Crippen LogP contribution is -2.40. The van der Waals surface area contributed by atoms with Crippen molar-refractivity contribution in [1.29, 1.82) is 0 Å². The van der Waals surface area contributed by atoms with Gasteiger partial charge in [0.1, 0.15) is 12.2 Å². The summed E-state index contributed by atoms with van der Waals surface area (Å²) < 4.78 is 5.05. The molecule has 7 heteroatoms. The number of nitrogens with zero attached hydrogens (tertiary/aromatic N) is 1. The van der Waals surface area contributed by atoms with Crippen LogP contribution in [0.5, 0.6) is 0 Å². The minimum absolute atomic E-state index is 0.182. The van der Waals surface area contributed by atoms with E-state index in [9.17, 15) is 14.4 Å². The van der Waals surface area contributed by atoms with Gasteiger partial charge in [0, 0.05) is 20.1 Å². The van der Waals surface area contributed by atoms with Crippen LogP contribution in [0.2, 0.25) is 0 Å². The van der Waals surface area contributed by atoms with E-state index in [1.165, 1.54) is 19.3 Å². The van der Waals surface area contributed by atoms with Crippen LogP contribution in [-0.4, -0.2) is 48.9 Å². The molecule has 1 amide bonds. The van der Waals surface area contributed by atoms with E-state index in [2.05, 4.69) is 10.3 Å². The smallest absolute Gasteiger partial charge is 0.340 e. The van der Waals surface area contributed by atoms with E-state index >= 15 is 0 Å². The summed E-state index contributed by atoms with van der Waals surface area (Å²) in [5.74, 6) is -0.292. The molecule has 1 aliphatic heterocycles. The van der Waals surface area contributed by atoms with Gasteiger partial charge in [-0.25, -0.2) is 9.79 Å². The van der Waals surface area contributed by atoms with Crippen LogP contribution in [0.3, 0.4) is 0 Å². The van der Waals surface area contributed by atoms with E-state index in [1.54, 1.807) is 14.0 Å². The molecule has 0 bridgehead atoms. The summed E-state index contributed by atoms with van der Waals surface area (Å²) in [6.45, 7) is 1.68. The van der Waals surface area contributed by atoms with Gasteiger partial charge in [-0.05, 0) is 39.0 Å². The van der Waals surface area contributed by atoms with Crippen molar-refractivity contribution in [1.82, 2.24) is 5.32 Å². The van der Waals surface area contributed by atoms with Crippen LogP contribution in [0.1, 0.15) is 58.3 Å². The monoisotopic (exact) mass is 354 g/mol. The maximum atomic E-state index is 11.5. The van der Waals surface area contributed by atoms with E-state index in [1.807, 2.05) is 0 Å². The Balaban J connectivity index is 0.000000264. The molecule has 25 heavy (non-hydrogen) atoms. The van der Waals surface area contributed by atoms with Gasteiger partial charge < -0.3 is 20.0 Å². The predicted molar refractivity (Wildman–Crippen MR) is 94.1 cm³/mol. The number of aldehydes is 1. The number of esters is 1. The van der Waals surface area contributed by atoms with Crippen LogP contribution in [0.4, 0.5) is 0 Å². The van der Waals surface area contributed by atoms with E-state index in [0.29, 0.717) is 5.92 Å². The molecule has 0 aromatic carbocycles. The topological polar surface area (TPSA) is 105 Å². The first-order chi connectivity index (χ1) is 12.0. The standard InChI is InChI=1S/C10H14N2O3.C7H12O.CH4O/c1-6(7(13)11-2)8-12-10(4-3-5-10)9(14)15-8;8-6-7-4-2-1-3-5-7;1-2/h6H,3-5H2,1-2H3,(H,11,13);6-7H,1-5H2;2H,1H3/t6-;;/m1../s1. The highest BCUT2D eigenvalue weighted by molar-refractivity contribution is 6.08. The molecule has 1 atom stereocenters. The molecule has 2 saturated carbocycles. The second-order valence-electron chi connectivity index (χ2n) is 6.59. The van der Waals surface area contributed by atoms with Crippen molar-refractivity contribution in [3.8, 4) is 0 Å². The van der Waals surface area contributed by atoms with E-state index in [4.69, 9.17) is 9.84 Å². The Labute approximate surface area is 149 Å². The number of cyclic esters (lactones) is 1. The van der Waals surface area contributed by atoms with Crippen LogP contribution in [0.25, 0.3) is 0 Å². The molecule has 2 N–H and O–H groups in total. The molecule has 1 heterocycles. The fourth-order valence-electron chi connectivity index (χ4n) is 3.08. The van der Waals surface area contributed by atoms with Crippen molar-refractivity contribution in [3.63, 3.8) is 0 Å². The number of aliphatic hydroxyl groups is 1. The Morgan fingerprint density at radius 2 is 1.88 bits per heavy atom. The zero-order valence-corrected chi connectivity index (χ0v) is 15.4. The number of carbonyl (C=O) groups is 3. The van der Waals surface area contributed by atoms with Crippen molar-refractivity contribution < 1.29 is 24.2 Å². The van der Waals surface area contributed by atoms with Crippen LogP contribution < -0.4 is 5.32 Å². The summed E-state index contributed by atoms with van der Waals surface area (Å²) in [4.78, 5) is 37.3. The molecule has 0 saturated heterocycles. The fourth-order valence-corrected chi connectivity index (χ4v) is 3.08. The number of aliphatic imine (C=N–C) groups is 1. The molecule has 0 aromatic heterocycles. The first-order valence-corrected chi connectivity index (χ1v) is 8.96. The second-order valence-corrected chi connectivity index (χ2v) is 6.59. The van der Waals surface area contributed by atoms with Crippen LogP contribution >= 0.6 is 0 Å². The Bertz CT molecular complexity index is 494. The van der Waals surface area contributed by atoms with Gasteiger partial charge in [0.25, 0.3) is 0 Å². The highest BCUT2D eigenvalue weighted by Gasteiger charge is 2.51. The number of hydrogen-bond donors (Lipinski definition) is 2. The number of nitrogens with one attached hydrogen (secondary N) is 1. The molecule has 142 valence electrons. The highest BCUT2D eigenvalue weighted by atomic mass is 16.6. The van der Waals surface area contributed by atoms with Crippen molar-refractivity contribution >= 4 is 24.1 Å². The van der Waals surface area contributed by atoms with Gasteiger partial charge in [-0.15, -0.1) is 0 Å². The molecule has 7 nitrogen and oxygen atoms in total. The van der Waals surface area contributed by atoms with E-state index in [-0.39, 0.29) is 17.8 Å². The molecule has 2 fully saturated rings. The van der Waals surface area contributed by atoms with Crippen molar-refractivity contribution in [2.24, 2.45) is 16.8 Å². The number of carbonyl (C=O) groups excluding carboxylic acids is 3. The molecule has 3 aliphatic rings. The molecule has 1 spiro atoms. The molecule has 0 aromatic rings. The zero-order chi connectivity index (χ0) is 18.9. The van der Waals surface area contributed by atoms with Gasteiger partial charge in [-0.3, -0.25) is 4.79 Å². The van der Waals surface area contributed by atoms with Gasteiger partial charge in [0.2, 0.25) is 11.8 Å². The summed E-state index contributed by atoms with van der Waals surface area (Å²) in [7, 11) is 2.55. The Morgan fingerprint density at radius 1 is 1.28 bits per heavy atom. The first-order valence-electron chi connectivity index (χ1n) is 8.96. The summed E-state index contributed by atoms with van der Waals surface area (Å²) in [6, 6.07) is 0. The van der Waals surface area contributed by atoms with Gasteiger partial charge in [-0.1, -0.05) is 19.3 Å². The number of rotatable bonds is 3. The van der Waals surface area contributed by atoms with Gasteiger partial charge in [0.15, 0.2) is 5.54 Å². The highest BCUT2D eigenvalue weighted by Crippen LogP contribution is 2.40. The SMILES string of the molecule is CNC(=O)[C@@H](C)C1=NC2(CCC2)C(=O)O1.CO.O=CC1CCCCC1. The minimum atomic E-state index is -0.641. The zero-order valence-electron chi connectivity index (χ0n) is 15.4. The maximum Gasteiger partial charge on any atom is 0.340 e. The van der Waals surface area contributed by atoms with E-state index in [0.717, 1.165) is 45.5 Å². The third-order valence-corrected chi connectivity index (χ3v) is 4.93. The first kappa shape index (κ1) is 21.3. The number of aliphatic hydroxyl groups excluding tert-OH is 1. The third-order valence-electron chi connectivity index (χ3n) is 4.93. The summed E-state index contributed by atoms with van der Waals surface area (Å²) in [6.07, 6.45) is 9.76. The van der Waals surface area contributed by atoms with E-state index < -0.39 is 11.5 Å². The van der Waals surface area contributed by atoms with Crippen LogP contribution in [0, 0.1) is 11.8 Å². The van der Waals surface area contributed by atoms with Crippen LogP contribution in [-0.2, 0) is 19.1 Å². The predicted octanol–water partition coefficient (Wildman–Crippen LogP) is 1.62. The molecule has 0 radical (unpaired) electrons. The molecule has 2 aliphatic carbocycles. The average Bonchev–Trinajstić information content (AvgIpc) is 3.01. The quantitative estimate of drug-likeness (QED) is 0.592. The minimum Gasteiger partial charge on any atom is -0.409 e. The van der Waals surface area contributed by atoms with Gasteiger partial charge in [-0.2, -0.15) is 0 Å². The lowest BCUT2D eigenvalue weighted by Gasteiger charge is -2.30. The normalized spacial score (nSPS) is 22.1. The lowest BCUT2D eigenvalue weighted by atomic mass is 9.78. The average molecular weight is 354 g/mol. The third kappa shape index (κ3) is 5.36. The molecular formula is C18H30N2O5. The summed E-state index contributed by atoms with van der Waals surface area (Å²) in [5, 5.41) is 9.51. The number of amides is 1. The molecule has 0 unspecified atom stereocenters. The largest absolute Gasteiger partial charge is 0.409 e. The lowest BCUT2D eigenvalue weighted by molar-refractivity contribution is -0.142. The number of hydrogen-bond acceptors (Lipinski definition) is 6. The Kier molecular flexibility index (Phi) is 8.75. The van der Waals surface area contributed by atoms with Gasteiger partial charge in [0.05, 0.1) is 0 Å². The summed E-state index contributed by atoms with van der Waals surface area (Å²) in [5.41, 5.74) is -0.641.